The molecule has 2 aliphatic heterocycles. The maximum Gasteiger partial charge on any atom is 0.290 e. The van der Waals surface area contributed by atoms with Gasteiger partial charge >= 0.3 is 0 Å². The number of aryl methyl sites for hydroxylation is 1. The average Bonchev–Trinajstić information content (AvgIpc) is 2.82. The molecule has 1 saturated heterocycles. The van der Waals surface area contributed by atoms with E-state index in [-0.39, 0.29) is 16.7 Å². The van der Waals surface area contributed by atoms with Gasteiger partial charge in [0.15, 0.2) is 0 Å². The van der Waals surface area contributed by atoms with Crippen molar-refractivity contribution in [3.05, 3.63) is 39.8 Å². The molecule has 0 atom stereocenters. The maximum absolute atomic E-state index is 11.8. The van der Waals surface area contributed by atoms with E-state index in [1.807, 2.05) is 6.08 Å². The number of fused-ring (bicyclic) bond motifs is 1. The van der Waals surface area contributed by atoms with Crippen LogP contribution in [0.1, 0.15) is 50.8 Å². The Morgan fingerprint density at radius 2 is 1.96 bits per heavy atom. The molecule has 4 nitrogen and oxygen atoms in total. The number of allylic oxidation sites excluding steroid dienone is 1. The minimum absolute atomic E-state index is 0.0207. The van der Waals surface area contributed by atoms with E-state index in [9.17, 15) is 9.59 Å². The van der Waals surface area contributed by atoms with Gasteiger partial charge in [-0.05, 0) is 80.8 Å². The number of carbonyl (C=O) groups excluding carboxylic acids is 2. The first kappa shape index (κ1) is 17.8. The highest BCUT2D eigenvalue weighted by Gasteiger charge is 2.31. The Bertz CT molecular complexity index is 821. The number of hydrogen-bond acceptors (Lipinski definition) is 4. The van der Waals surface area contributed by atoms with Crippen molar-refractivity contribution in [3.8, 4) is 0 Å². The number of anilines is 1. The summed E-state index contributed by atoms with van der Waals surface area (Å²) < 4.78 is 0. The van der Waals surface area contributed by atoms with Crippen LogP contribution in [0.4, 0.5) is 10.5 Å². The van der Waals surface area contributed by atoms with Crippen LogP contribution >= 0.6 is 11.8 Å². The highest BCUT2D eigenvalue weighted by molar-refractivity contribution is 8.18. The summed E-state index contributed by atoms with van der Waals surface area (Å²) >= 11 is 0.960. The predicted molar refractivity (Wildman–Crippen MR) is 106 cm³/mol. The number of thioether (sulfide) groups is 1. The molecule has 0 spiro atoms. The van der Waals surface area contributed by atoms with Gasteiger partial charge in [-0.15, -0.1) is 0 Å². The zero-order valence-corrected chi connectivity index (χ0v) is 16.2. The van der Waals surface area contributed by atoms with Crippen molar-refractivity contribution in [1.29, 1.82) is 0 Å². The Hall–Kier alpha value is -2.01. The van der Waals surface area contributed by atoms with Crippen LogP contribution in [-0.2, 0) is 4.79 Å². The van der Waals surface area contributed by atoms with Crippen molar-refractivity contribution in [1.82, 2.24) is 5.32 Å². The normalized spacial score (nSPS) is 20.6. The Morgan fingerprint density at radius 1 is 1.24 bits per heavy atom. The minimum atomic E-state index is -0.312. The molecule has 1 aromatic rings. The maximum atomic E-state index is 11.8. The number of rotatable bonds is 3. The van der Waals surface area contributed by atoms with Gasteiger partial charge in [0.1, 0.15) is 0 Å². The largest absolute Gasteiger partial charge is 0.362 e. The Labute approximate surface area is 153 Å². The van der Waals surface area contributed by atoms with E-state index in [1.165, 1.54) is 16.8 Å². The topological polar surface area (TPSA) is 49.4 Å². The Balaban J connectivity index is 2.10. The molecule has 0 aromatic heterocycles. The van der Waals surface area contributed by atoms with Crippen LogP contribution in [0.3, 0.4) is 0 Å². The second kappa shape index (κ2) is 6.37. The minimum Gasteiger partial charge on any atom is -0.362 e. The molecule has 0 unspecified atom stereocenters. The Kier molecular flexibility index (Phi) is 4.54. The highest BCUT2D eigenvalue weighted by Crippen LogP contribution is 2.41. The van der Waals surface area contributed by atoms with Gasteiger partial charge in [0.2, 0.25) is 0 Å². The second-order valence-corrected chi connectivity index (χ2v) is 8.23. The van der Waals surface area contributed by atoms with Gasteiger partial charge in [0.25, 0.3) is 11.1 Å². The van der Waals surface area contributed by atoms with Crippen molar-refractivity contribution in [2.75, 3.05) is 11.4 Å². The fourth-order valence-electron chi connectivity index (χ4n) is 3.59. The van der Waals surface area contributed by atoms with E-state index >= 15 is 0 Å². The molecule has 1 N–H and O–H groups in total. The number of nitrogens with one attached hydrogen (secondary N) is 1. The molecule has 1 fully saturated rings. The molecule has 25 heavy (non-hydrogen) atoms. The van der Waals surface area contributed by atoms with E-state index in [0.29, 0.717) is 4.91 Å². The number of imide groups is 1. The molecule has 1 aromatic carbocycles. The Morgan fingerprint density at radius 3 is 2.56 bits per heavy atom. The standard InChI is InChI=1S/C20H24N2O2S/c1-6-7-22-16-8-12(2)14(10-17-18(23)21-19(24)25-17)9-15(16)13(3)11-20(22,4)5/h8-11H,6-7H2,1-5H3,(H,21,23,24)/b17-10-. The first-order valence-corrected chi connectivity index (χ1v) is 9.41. The molecule has 0 bridgehead atoms. The molecule has 2 heterocycles. The molecule has 0 radical (unpaired) electrons. The third kappa shape index (κ3) is 3.25. The number of carbonyl (C=O) groups is 2. The van der Waals surface area contributed by atoms with Crippen molar-refractivity contribution >= 4 is 40.2 Å². The summed E-state index contributed by atoms with van der Waals surface area (Å²) in [7, 11) is 0. The average molecular weight is 356 g/mol. The van der Waals surface area contributed by atoms with E-state index in [2.05, 4.69) is 63.0 Å². The van der Waals surface area contributed by atoms with Crippen LogP contribution in [0.25, 0.3) is 11.6 Å². The number of amides is 2. The van der Waals surface area contributed by atoms with E-state index in [4.69, 9.17) is 0 Å². The van der Waals surface area contributed by atoms with E-state index in [0.717, 1.165) is 35.9 Å². The first-order valence-electron chi connectivity index (χ1n) is 8.60. The van der Waals surface area contributed by atoms with Crippen molar-refractivity contribution in [2.24, 2.45) is 0 Å². The quantitative estimate of drug-likeness (QED) is 0.796. The number of benzene rings is 1. The molecule has 2 aliphatic rings. The molecule has 5 heteroatoms. The third-order valence-electron chi connectivity index (χ3n) is 4.74. The number of hydrogen-bond donors (Lipinski definition) is 1. The summed E-state index contributed by atoms with van der Waals surface area (Å²) in [6, 6.07) is 4.34. The fraction of sp³-hybridized carbons (Fsp3) is 0.400. The zero-order chi connectivity index (χ0) is 18.4. The third-order valence-corrected chi connectivity index (χ3v) is 5.55. The number of nitrogens with zero attached hydrogens (tertiary/aromatic N) is 1. The monoisotopic (exact) mass is 356 g/mol. The molecular formula is C20H24N2O2S. The van der Waals surface area contributed by atoms with Crippen LogP contribution in [-0.4, -0.2) is 23.2 Å². The molecule has 3 rings (SSSR count). The first-order chi connectivity index (χ1) is 11.7. The van der Waals surface area contributed by atoms with Gasteiger partial charge in [-0.3, -0.25) is 14.9 Å². The van der Waals surface area contributed by atoms with E-state index < -0.39 is 0 Å². The van der Waals surface area contributed by atoms with Gasteiger partial charge in [-0.1, -0.05) is 13.0 Å². The van der Waals surface area contributed by atoms with Crippen molar-refractivity contribution < 1.29 is 9.59 Å². The molecular weight excluding hydrogens is 332 g/mol. The summed E-state index contributed by atoms with van der Waals surface area (Å²) in [5, 5.41) is 2.00. The molecule has 2 amide bonds. The van der Waals surface area contributed by atoms with Gasteiger partial charge < -0.3 is 4.90 Å². The highest BCUT2D eigenvalue weighted by atomic mass is 32.2. The van der Waals surface area contributed by atoms with Gasteiger partial charge in [-0.25, -0.2) is 0 Å². The van der Waals surface area contributed by atoms with Crippen LogP contribution < -0.4 is 10.2 Å². The smallest absolute Gasteiger partial charge is 0.290 e. The van der Waals surface area contributed by atoms with Crippen molar-refractivity contribution in [2.45, 2.75) is 46.6 Å². The van der Waals surface area contributed by atoms with E-state index in [1.54, 1.807) is 0 Å². The van der Waals surface area contributed by atoms with Crippen LogP contribution in [0.15, 0.2) is 23.1 Å². The summed E-state index contributed by atoms with van der Waals surface area (Å²) in [5.41, 5.74) is 5.74. The molecule has 132 valence electrons. The summed E-state index contributed by atoms with van der Waals surface area (Å²) in [6.07, 6.45) is 5.20. The van der Waals surface area contributed by atoms with Gasteiger partial charge in [0, 0.05) is 17.8 Å². The summed E-state index contributed by atoms with van der Waals surface area (Å²) in [4.78, 5) is 26.1. The van der Waals surface area contributed by atoms with Gasteiger partial charge in [-0.2, -0.15) is 0 Å². The second-order valence-electron chi connectivity index (χ2n) is 7.21. The van der Waals surface area contributed by atoms with Gasteiger partial charge in [0.05, 0.1) is 10.4 Å². The van der Waals surface area contributed by atoms with Crippen LogP contribution in [0.2, 0.25) is 0 Å². The lowest BCUT2D eigenvalue weighted by molar-refractivity contribution is -0.115. The molecule has 0 aliphatic carbocycles. The predicted octanol–water partition coefficient (Wildman–Crippen LogP) is 4.73. The SMILES string of the molecule is CCCN1c2cc(C)c(/C=C3\SC(=O)NC3=O)cc2C(C)=CC1(C)C. The lowest BCUT2D eigenvalue weighted by Crippen LogP contribution is -2.45. The lowest BCUT2D eigenvalue weighted by Gasteiger charge is -2.43. The lowest BCUT2D eigenvalue weighted by atomic mass is 9.86. The van der Waals surface area contributed by atoms with Crippen LogP contribution in [0.5, 0.6) is 0 Å². The summed E-state index contributed by atoms with van der Waals surface area (Å²) in [6.45, 7) is 11.9. The van der Waals surface area contributed by atoms with Crippen molar-refractivity contribution in [3.63, 3.8) is 0 Å². The molecule has 0 saturated carbocycles. The fourth-order valence-corrected chi connectivity index (χ4v) is 4.27. The van der Waals surface area contributed by atoms with Crippen LogP contribution in [0, 0.1) is 6.92 Å². The summed E-state index contributed by atoms with van der Waals surface area (Å²) in [5.74, 6) is -0.312. The zero-order valence-electron chi connectivity index (χ0n) is 15.4.